The molecule has 3 rings (SSSR count). The van der Waals surface area contributed by atoms with Crippen LogP contribution in [0.2, 0.25) is 10.0 Å². The largest absolute Gasteiger partial charge is 0.468 e. The quantitative estimate of drug-likeness (QED) is 0.493. The van der Waals surface area contributed by atoms with Crippen molar-refractivity contribution in [3.05, 3.63) is 34.1 Å². The van der Waals surface area contributed by atoms with Gasteiger partial charge in [-0.05, 0) is 38.0 Å². The standard InChI is InChI=1S/C18H21Cl2N3O2S/c1-11(17(24)25-2)26-18-22-21-16(12-6-4-3-5-7-12)23(18)13-8-9-14(19)15(20)10-13/h8-12H,3-7H2,1-2H3/t11-/m0/s1. The summed E-state index contributed by atoms with van der Waals surface area (Å²) >= 11 is 13.6. The minimum absolute atomic E-state index is 0.294. The highest BCUT2D eigenvalue weighted by Crippen LogP contribution is 2.36. The summed E-state index contributed by atoms with van der Waals surface area (Å²) in [6.07, 6.45) is 5.84. The van der Waals surface area contributed by atoms with Crippen molar-refractivity contribution in [2.24, 2.45) is 0 Å². The van der Waals surface area contributed by atoms with Crippen LogP contribution in [0.4, 0.5) is 0 Å². The molecule has 26 heavy (non-hydrogen) atoms. The Hall–Kier alpha value is -1.24. The molecule has 1 aliphatic rings. The zero-order chi connectivity index (χ0) is 18.7. The zero-order valence-electron chi connectivity index (χ0n) is 14.7. The fourth-order valence-corrected chi connectivity index (χ4v) is 4.42. The van der Waals surface area contributed by atoms with E-state index in [0.29, 0.717) is 21.1 Å². The lowest BCUT2D eigenvalue weighted by atomic mass is 9.88. The van der Waals surface area contributed by atoms with E-state index in [2.05, 4.69) is 10.2 Å². The fourth-order valence-electron chi connectivity index (χ4n) is 3.22. The van der Waals surface area contributed by atoms with Gasteiger partial charge in [0.05, 0.1) is 22.8 Å². The highest BCUT2D eigenvalue weighted by Gasteiger charge is 2.26. The van der Waals surface area contributed by atoms with Crippen LogP contribution >= 0.6 is 35.0 Å². The van der Waals surface area contributed by atoms with Gasteiger partial charge in [-0.2, -0.15) is 0 Å². The first-order chi connectivity index (χ1) is 12.5. The van der Waals surface area contributed by atoms with Crippen LogP contribution in [-0.4, -0.2) is 33.1 Å². The number of esters is 1. The molecule has 0 radical (unpaired) electrons. The lowest BCUT2D eigenvalue weighted by Gasteiger charge is -2.22. The van der Waals surface area contributed by atoms with Gasteiger partial charge < -0.3 is 4.74 Å². The zero-order valence-corrected chi connectivity index (χ0v) is 17.1. The third-order valence-electron chi connectivity index (χ3n) is 4.61. The number of thioether (sulfide) groups is 1. The van der Waals surface area contributed by atoms with Crippen LogP contribution in [0.25, 0.3) is 5.69 Å². The van der Waals surface area contributed by atoms with Gasteiger partial charge in [0.1, 0.15) is 11.1 Å². The van der Waals surface area contributed by atoms with E-state index in [4.69, 9.17) is 27.9 Å². The second-order valence-electron chi connectivity index (χ2n) is 6.39. The molecule has 0 N–H and O–H groups in total. The van der Waals surface area contributed by atoms with Gasteiger partial charge in [-0.15, -0.1) is 10.2 Å². The van der Waals surface area contributed by atoms with E-state index >= 15 is 0 Å². The third kappa shape index (κ3) is 4.18. The first kappa shape index (κ1) is 19.5. The van der Waals surface area contributed by atoms with Gasteiger partial charge in [-0.1, -0.05) is 54.2 Å². The summed E-state index contributed by atoms with van der Waals surface area (Å²) in [6.45, 7) is 1.80. The average Bonchev–Trinajstić information content (AvgIpc) is 3.07. The monoisotopic (exact) mass is 413 g/mol. The number of aromatic nitrogens is 3. The van der Waals surface area contributed by atoms with Gasteiger partial charge in [0.15, 0.2) is 5.16 Å². The maximum atomic E-state index is 11.8. The number of ether oxygens (including phenoxy) is 1. The fraction of sp³-hybridized carbons (Fsp3) is 0.500. The second-order valence-corrected chi connectivity index (χ2v) is 8.52. The highest BCUT2D eigenvalue weighted by molar-refractivity contribution is 8.00. The van der Waals surface area contributed by atoms with Gasteiger partial charge in [-0.25, -0.2) is 0 Å². The summed E-state index contributed by atoms with van der Waals surface area (Å²) in [4.78, 5) is 11.8. The van der Waals surface area contributed by atoms with E-state index in [1.807, 2.05) is 16.7 Å². The van der Waals surface area contributed by atoms with Crippen LogP contribution in [0, 0.1) is 0 Å². The number of rotatable bonds is 5. The Morgan fingerprint density at radius 1 is 1.23 bits per heavy atom. The van der Waals surface area contributed by atoms with Gasteiger partial charge in [0, 0.05) is 5.92 Å². The Kier molecular flexibility index (Phi) is 6.48. The number of carbonyl (C=O) groups is 1. The summed E-state index contributed by atoms with van der Waals surface area (Å²) < 4.78 is 6.83. The Morgan fingerprint density at radius 3 is 2.62 bits per heavy atom. The Labute approximate surface area is 167 Å². The first-order valence-corrected chi connectivity index (χ1v) is 10.3. The number of benzene rings is 1. The van der Waals surface area contributed by atoms with E-state index < -0.39 is 0 Å². The smallest absolute Gasteiger partial charge is 0.318 e. The lowest BCUT2D eigenvalue weighted by molar-refractivity contribution is -0.139. The molecule has 0 spiro atoms. The molecule has 1 fully saturated rings. The maximum Gasteiger partial charge on any atom is 0.318 e. The van der Waals surface area contributed by atoms with Crippen molar-refractivity contribution < 1.29 is 9.53 Å². The molecule has 1 saturated carbocycles. The number of halogens is 2. The van der Waals surface area contributed by atoms with E-state index in [1.54, 1.807) is 13.0 Å². The molecular weight excluding hydrogens is 393 g/mol. The van der Waals surface area contributed by atoms with Gasteiger partial charge in [0.2, 0.25) is 0 Å². The van der Waals surface area contributed by atoms with Crippen molar-refractivity contribution >= 4 is 40.9 Å². The molecular formula is C18H21Cl2N3O2S. The summed E-state index contributed by atoms with van der Waals surface area (Å²) in [7, 11) is 1.39. The molecule has 2 aromatic rings. The number of methoxy groups -OCH3 is 1. The van der Waals surface area contributed by atoms with Crippen LogP contribution in [0.1, 0.15) is 50.8 Å². The van der Waals surface area contributed by atoms with Crippen molar-refractivity contribution in [1.82, 2.24) is 14.8 Å². The number of nitrogens with zero attached hydrogens (tertiary/aromatic N) is 3. The molecule has 140 valence electrons. The Morgan fingerprint density at radius 2 is 1.96 bits per heavy atom. The normalized spacial score (nSPS) is 16.5. The molecule has 1 aromatic heterocycles. The number of hydrogen-bond acceptors (Lipinski definition) is 5. The van der Waals surface area contributed by atoms with E-state index in [1.165, 1.54) is 38.1 Å². The van der Waals surface area contributed by atoms with Crippen LogP contribution < -0.4 is 0 Å². The Balaban J connectivity index is 2.02. The molecule has 1 heterocycles. The van der Waals surface area contributed by atoms with Crippen LogP contribution in [0.15, 0.2) is 23.4 Å². The van der Waals surface area contributed by atoms with Crippen molar-refractivity contribution in [1.29, 1.82) is 0 Å². The predicted octanol–water partition coefficient (Wildman–Crippen LogP) is 5.28. The van der Waals surface area contributed by atoms with Crippen LogP contribution in [0.3, 0.4) is 0 Å². The third-order valence-corrected chi connectivity index (χ3v) is 6.37. The van der Waals surface area contributed by atoms with Gasteiger partial charge in [-0.3, -0.25) is 9.36 Å². The molecule has 0 amide bonds. The van der Waals surface area contributed by atoms with Gasteiger partial charge in [0.25, 0.3) is 0 Å². The summed E-state index contributed by atoms with van der Waals surface area (Å²) in [5.41, 5.74) is 0.851. The number of carbonyl (C=O) groups excluding carboxylic acids is 1. The SMILES string of the molecule is COC(=O)[C@H](C)Sc1nnc(C2CCCCC2)n1-c1ccc(Cl)c(Cl)c1. The molecule has 1 atom stereocenters. The van der Waals surface area contributed by atoms with Crippen molar-refractivity contribution in [2.75, 3.05) is 7.11 Å². The van der Waals surface area contributed by atoms with E-state index in [9.17, 15) is 4.79 Å². The summed E-state index contributed by atoms with van der Waals surface area (Å²) in [5, 5.41) is 10.1. The molecule has 0 unspecified atom stereocenters. The van der Waals surface area contributed by atoms with E-state index in [-0.39, 0.29) is 11.2 Å². The van der Waals surface area contributed by atoms with Crippen molar-refractivity contribution in [3.8, 4) is 5.69 Å². The molecule has 8 heteroatoms. The molecule has 0 saturated heterocycles. The topological polar surface area (TPSA) is 57.0 Å². The van der Waals surface area contributed by atoms with E-state index in [0.717, 1.165) is 24.4 Å². The summed E-state index contributed by atoms with van der Waals surface area (Å²) in [5.74, 6) is 0.981. The molecule has 1 aliphatic carbocycles. The first-order valence-electron chi connectivity index (χ1n) is 8.66. The maximum absolute atomic E-state index is 11.8. The molecule has 0 bridgehead atoms. The molecule has 1 aromatic carbocycles. The van der Waals surface area contributed by atoms with Crippen LogP contribution in [-0.2, 0) is 9.53 Å². The lowest BCUT2D eigenvalue weighted by Crippen LogP contribution is -2.16. The van der Waals surface area contributed by atoms with Crippen molar-refractivity contribution in [2.45, 2.75) is 55.4 Å². The van der Waals surface area contributed by atoms with Crippen molar-refractivity contribution in [3.63, 3.8) is 0 Å². The summed E-state index contributed by atoms with van der Waals surface area (Å²) in [6, 6.07) is 5.48. The predicted molar refractivity (Wildman–Crippen MR) is 105 cm³/mol. The Bertz CT molecular complexity index is 791. The minimum atomic E-state index is -0.384. The highest BCUT2D eigenvalue weighted by atomic mass is 35.5. The second kappa shape index (κ2) is 8.63. The minimum Gasteiger partial charge on any atom is -0.468 e. The number of hydrogen-bond donors (Lipinski definition) is 0. The van der Waals surface area contributed by atoms with Gasteiger partial charge >= 0.3 is 5.97 Å². The van der Waals surface area contributed by atoms with Crippen LogP contribution in [0.5, 0.6) is 0 Å². The molecule has 5 nitrogen and oxygen atoms in total. The average molecular weight is 414 g/mol. The molecule has 0 aliphatic heterocycles.